The number of amides is 1. The van der Waals surface area contributed by atoms with Crippen molar-refractivity contribution < 1.29 is 18.0 Å². The molecular weight excluding hydrogens is 255 g/mol. The van der Waals surface area contributed by atoms with Crippen LogP contribution >= 0.6 is 0 Å². The molecule has 0 saturated carbocycles. The normalized spacial score (nSPS) is 11.7. The van der Waals surface area contributed by atoms with Crippen molar-refractivity contribution >= 4 is 5.91 Å². The molecule has 0 aromatic heterocycles. The SMILES string of the molecule is CC(C)CCNC(=O)Cc1ccc(C(F)(F)F)cc1. The Kier molecular flexibility index (Phi) is 5.39. The van der Waals surface area contributed by atoms with Gasteiger partial charge in [0.15, 0.2) is 0 Å². The van der Waals surface area contributed by atoms with Crippen molar-refractivity contribution in [3.8, 4) is 0 Å². The van der Waals surface area contributed by atoms with Gasteiger partial charge in [-0.05, 0) is 30.0 Å². The van der Waals surface area contributed by atoms with Crippen LogP contribution in [-0.2, 0) is 17.4 Å². The molecule has 1 rings (SSSR count). The smallest absolute Gasteiger partial charge is 0.356 e. The van der Waals surface area contributed by atoms with Crippen molar-refractivity contribution in [1.82, 2.24) is 5.32 Å². The van der Waals surface area contributed by atoms with Gasteiger partial charge in [-0.15, -0.1) is 0 Å². The second-order valence-electron chi connectivity index (χ2n) is 4.90. The molecule has 5 heteroatoms. The molecule has 2 nitrogen and oxygen atoms in total. The van der Waals surface area contributed by atoms with Gasteiger partial charge in [-0.3, -0.25) is 4.79 Å². The van der Waals surface area contributed by atoms with E-state index in [0.29, 0.717) is 18.0 Å². The maximum Gasteiger partial charge on any atom is 0.416 e. The molecule has 1 aromatic carbocycles. The zero-order chi connectivity index (χ0) is 14.5. The Labute approximate surface area is 111 Å². The third kappa shape index (κ3) is 5.77. The van der Waals surface area contributed by atoms with Crippen molar-refractivity contribution in [3.63, 3.8) is 0 Å². The molecule has 106 valence electrons. The highest BCUT2D eigenvalue weighted by molar-refractivity contribution is 5.78. The van der Waals surface area contributed by atoms with E-state index in [9.17, 15) is 18.0 Å². The molecule has 0 heterocycles. The number of benzene rings is 1. The Balaban J connectivity index is 2.47. The predicted octanol–water partition coefficient (Wildman–Crippen LogP) is 3.41. The summed E-state index contributed by atoms with van der Waals surface area (Å²) in [5, 5.41) is 2.75. The number of alkyl halides is 3. The van der Waals surface area contributed by atoms with Crippen LogP contribution in [-0.4, -0.2) is 12.5 Å². The van der Waals surface area contributed by atoms with Crippen molar-refractivity contribution in [1.29, 1.82) is 0 Å². The highest BCUT2D eigenvalue weighted by Crippen LogP contribution is 2.29. The minimum atomic E-state index is -4.34. The first kappa shape index (κ1) is 15.5. The summed E-state index contributed by atoms with van der Waals surface area (Å²) in [6, 6.07) is 4.67. The first-order valence-corrected chi connectivity index (χ1v) is 6.22. The fraction of sp³-hybridized carbons (Fsp3) is 0.500. The van der Waals surface area contributed by atoms with E-state index in [1.54, 1.807) is 0 Å². The molecule has 0 radical (unpaired) electrons. The fourth-order valence-electron chi connectivity index (χ4n) is 1.56. The molecule has 1 amide bonds. The summed E-state index contributed by atoms with van der Waals surface area (Å²) in [4.78, 5) is 11.5. The van der Waals surface area contributed by atoms with E-state index >= 15 is 0 Å². The van der Waals surface area contributed by atoms with Gasteiger partial charge < -0.3 is 5.32 Å². The van der Waals surface area contributed by atoms with Gasteiger partial charge in [0, 0.05) is 6.54 Å². The molecule has 0 aliphatic heterocycles. The molecule has 0 unspecified atom stereocenters. The van der Waals surface area contributed by atoms with Crippen molar-refractivity contribution in [3.05, 3.63) is 35.4 Å². The van der Waals surface area contributed by atoms with Gasteiger partial charge in [-0.25, -0.2) is 0 Å². The standard InChI is InChI=1S/C14H18F3NO/c1-10(2)7-8-18-13(19)9-11-3-5-12(6-4-11)14(15,16)17/h3-6,10H,7-9H2,1-2H3,(H,18,19). The molecular formula is C14H18F3NO. The van der Waals surface area contributed by atoms with E-state index in [2.05, 4.69) is 19.2 Å². The lowest BCUT2D eigenvalue weighted by molar-refractivity contribution is -0.137. The molecule has 0 bridgehead atoms. The Bertz CT molecular complexity index is 410. The third-order valence-electron chi connectivity index (χ3n) is 2.69. The summed E-state index contributed by atoms with van der Waals surface area (Å²) in [5.41, 5.74) is -0.119. The van der Waals surface area contributed by atoms with Crippen LogP contribution in [0.1, 0.15) is 31.4 Å². The molecule has 19 heavy (non-hydrogen) atoms. The fourth-order valence-corrected chi connectivity index (χ4v) is 1.56. The van der Waals surface area contributed by atoms with Gasteiger partial charge in [0.05, 0.1) is 12.0 Å². The summed E-state index contributed by atoms with van der Waals surface area (Å²) in [5.74, 6) is 0.340. The second kappa shape index (κ2) is 6.59. The summed E-state index contributed by atoms with van der Waals surface area (Å²) in [6.07, 6.45) is -3.34. The Morgan fingerprint density at radius 3 is 2.26 bits per heavy atom. The molecule has 0 atom stereocenters. The van der Waals surface area contributed by atoms with Crippen LogP contribution in [0.4, 0.5) is 13.2 Å². The summed E-state index contributed by atoms with van der Waals surface area (Å²) in [6.45, 7) is 4.71. The lowest BCUT2D eigenvalue weighted by Crippen LogP contribution is -2.26. The van der Waals surface area contributed by atoms with E-state index in [1.165, 1.54) is 12.1 Å². The van der Waals surface area contributed by atoms with E-state index < -0.39 is 11.7 Å². The maximum absolute atomic E-state index is 12.3. The van der Waals surface area contributed by atoms with E-state index in [0.717, 1.165) is 18.6 Å². The zero-order valence-corrected chi connectivity index (χ0v) is 11.1. The lowest BCUT2D eigenvalue weighted by atomic mass is 10.1. The van der Waals surface area contributed by atoms with Crippen LogP contribution < -0.4 is 5.32 Å². The molecule has 0 aliphatic carbocycles. The Hall–Kier alpha value is -1.52. The zero-order valence-electron chi connectivity index (χ0n) is 11.1. The Morgan fingerprint density at radius 1 is 1.21 bits per heavy atom. The van der Waals surface area contributed by atoms with E-state index in [1.807, 2.05) is 0 Å². The highest BCUT2D eigenvalue weighted by atomic mass is 19.4. The van der Waals surface area contributed by atoms with E-state index in [4.69, 9.17) is 0 Å². The van der Waals surface area contributed by atoms with E-state index in [-0.39, 0.29) is 12.3 Å². The number of nitrogens with one attached hydrogen (secondary N) is 1. The largest absolute Gasteiger partial charge is 0.416 e. The van der Waals surface area contributed by atoms with Crippen LogP contribution in [0.2, 0.25) is 0 Å². The number of hydrogen-bond acceptors (Lipinski definition) is 1. The Morgan fingerprint density at radius 2 is 1.79 bits per heavy atom. The average molecular weight is 273 g/mol. The molecule has 0 aliphatic rings. The van der Waals surface area contributed by atoms with Gasteiger partial charge in [-0.1, -0.05) is 26.0 Å². The van der Waals surface area contributed by atoms with Gasteiger partial charge >= 0.3 is 6.18 Å². The number of halogens is 3. The maximum atomic E-state index is 12.3. The summed E-state index contributed by atoms with van der Waals surface area (Å²) in [7, 11) is 0. The number of hydrogen-bond donors (Lipinski definition) is 1. The van der Waals surface area contributed by atoms with Gasteiger partial charge in [0.2, 0.25) is 5.91 Å². The predicted molar refractivity (Wildman–Crippen MR) is 67.6 cm³/mol. The summed E-state index contributed by atoms with van der Waals surface area (Å²) >= 11 is 0. The molecule has 0 fully saturated rings. The molecule has 0 saturated heterocycles. The first-order valence-electron chi connectivity index (χ1n) is 6.22. The van der Waals surface area contributed by atoms with Crippen LogP contribution in [0, 0.1) is 5.92 Å². The monoisotopic (exact) mass is 273 g/mol. The van der Waals surface area contributed by atoms with Gasteiger partial charge in [0.1, 0.15) is 0 Å². The van der Waals surface area contributed by atoms with Crippen LogP contribution in [0.25, 0.3) is 0 Å². The van der Waals surface area contributed by atoms with Crippen molar-refractivity contribution in [2.24, 2.45) is 5.92 Å². The quantitative estimate of drug-likeness (QED) is 0.875. The number of carbonyl (C=O) groups excluding carboxylic acids is 1. The molecule has 0 spiro atoms. The van der Waals surface area contributed by atoms with Crippen LogP contribution in [0.3, 0.4) is 0 Å². The van der Waals surface area contributed by atoms with Crippen LogP contribution in [0.15, 0.2) is 24.3 Å². The second-order valence-corrected chi connectivity index (χ2v) is 4.90. The third-order valence-corrected chi connectivity index (χ3v) is 2.69. The van der Waals surface area contributed by atoms with Gasteiger partial charge in [0.25, 0.3) is 0 Å². The lowest BCUT2D eigenvalue weighted by Gasteiger charge is -2.09. The number of carbonyl (C=O) groups is 1. The van der Waals surface area contributed by atoms with Crippen LogP contribution in [0.5, 0.6) is 0 Å². The first-order chi connectivity index (χ1) is 8.79. The number of rotatable bonds is 5. The molecule has 1 N–H and O–H groups in total. The minimum absolute atomic E-state index is 0.107. The average Bonchev–Trinajstić information content (AvgIpc) is 2.27. The van der Waals surface area contributed by atoms with Crippen molar-refractivity contribution in [2.75, 3.05) is 6.54 Å². The topological polar surface area (TPSA) is 29.1 Å². The molecule has 1 aromatic rings. The minimum Gasteiger partial charge on any atom is -0.356 e. The summed E-state index contributed by atoms with van der Waals surface area (Å²) < 4.78 is 37.0. The highest BCUT2D eigenvalue weighted by Gasteiger charge is 2.29. The van der Waals surface area contributed by atoms with Gasteiger partial charge in [-0.2, -0.15) is 13.2 Å². The van der Waals surface area contributed by atoms with Crippen molar-refractivity contribution in [2.45, 2.75) is 32.9 Å².